The highest BCUT2D eigenvalue weighted by Gasteiger charge is 2.15. The van der Waals surface area contributed by atoms with Gasteiger partial charge in [0.25, 0.3) is 0 Å². The van der Waals surface area contributed by atoms with Gasteiger partial charge in [0.15, 0.2) is 0 Å². The smallest absolute Gasteiger partial charge is 0.137 e. The molecule has 0 radical (unpaired) electrons. The summed E-state index contributed by atoms with van der Waals surface area (Å²) in [6.07, 6.45) is 7.34. The summed E-state index contributed by atoms with van der Waals surface area (Å²) in [6, 6.07) is 8.33. The molecular weight excluding hydrogens is 336 g/mol. The molecule has 0 spiro atoms. The topological polar surface area (TPSA) is 72.3 Å². The molecule has 1 N–H and O–H groups in total. The van der Waals surface area contributed by atoms with Crippen LogP contribution in [-0.4, -0.2) is 29.7 Å². The van der Waals surface area contributed by atoms with Crippen molar-refractivity contribution < 1.29 is 0 Å². The molecule has 0 aliphatic heterocycles. The zero-order valence-corrected chi connectivity index (χ0v) is 15.4. The molecule has 5 rings (SSSR count). The molecule has 4 heterocycles. The molecule has 0 fully saturated rings. The Balaban J connectivity index is 1.71. The van der Waals surface area contributed by atoms with E-state index in [1.807, 2.05) is 37.1 Å². The fourth-order valence-corrected chi connectivity index (χ4v) is 3.70. The van der Waals surface area contributed by atoms with E-state index in [-0.39, 0.29) is 0 Å². The Hall–Kier alpha value is -3.54. The van der Waals surface area contributed by atoms with E-state index < -0.39 is 0 Å². The minimum Gasteiger partial charge on any atom is -0.346 e. The third kappa shape index (κ3) is 2.41. The molecule has 0 saturated carbocycles. The summed E-state index contributed by atoms with van der Waals surface area (Å²) in [5.41, 5.74) is 9.19. The van der Waals surface area contributed by atoms with Crippen molar-refractivity contribution in [3.8, 4) is 22.3 Å². The average Bonchev–Trinajstić information content (AvgIpc) is 3.21. The fraction of sp³-hybridized carbons (Fsp3) is 0.143. The van der Waals surface area contributed by atoms with E-state index in [9.17, 15) is 0 Å². The van der Waals surface area contributed by atoms with Crippen LogP contribution < -0.4 is 0 Å². The monoisotopic (exact) mass is 354 g/mol. The second-order valence-electron chi connectivity index (χ2n) is 6.75. The quantitative estimate of drug-likeness (QED) is 0.516. The van der Waals surface area contributed by atoms with Gasteiger partial charge in [-0.15, -0.1) is 0 Å². The van der Waals surface area contributed by atoms with Crippen LogP contribution in [0.3, 0.4) is 0 Å². The van der Waals surface area contributed by atoms with E-state index in [1.54, 1.807) is 12.4 Å². The number of rotatable bonds is 2. The summed E-state index contributed by atoms with van der Waals surface area (Å²) in [7, 11) is 1.97. The average molecular weight is 354 g/mol. The Morgan fingerprint density at radius 1 is 0.926 bits per heavy atom. The Bertz CT molecular complexity index is 1310. The van der Waals surface area contributed by atoms with Gasteiger partial charge in [0.2, 0.25) is 0 Å². The molecular formula is C21H18N6. The molecule has 4 aromatic heterocycles. The molecule has 0 amide bonds. The van der Waals surface area contributed by atoms with E-state index in [0.29, 0.717) is 0 Å². The Kier molecular flexibility index (Phi) is 3.33. The van der Waals surface area contributed by atoms with Crippen molar-refractivity contribution in [1.29, 1.82) is 0 Å². The Morgan fingerprint density at radius 2 is 1.74 bits per heavy atom. The first-order valence-electron chi connectivity index (χ1n) is 8.80. The zero-order valence-electron chi connectivity index (χ0n) is 15.4. The molecule has 6 nitrogen and oxygen atoms in total. The second kappa shape index (κ2) is 5.74. The van der Waals surface area contributed by atoms with Gasteiger partial charge in [0.05, 0.1) is 16.7 Å². The number of hydrogen-bond acceptors (Lipinski definition) is 4. The lowest BCUT2D eigenvalue weighted by molar-refractivity contribution is 0.731. The van der Waals surface area contributed by atoms with Crippen LogP contribution in [0, 0.1) is 13.8 Å². The largest absolute Gasteiger partial charge is 0.346 e. The number of nitrogens with one attached hydrogen (secondary N) is 1. The SMILES string of the molecule is Cc1nn(C)c(C)c1-c1cnc2[nH]cc(-c3ccc4nccnc4c3)c2c1. The van der Waals surface area contributed by atoms with Gasteiger partial charge in [-0.1, -0.05) is 6.07 Å². The number of fused-ring (bicyclic) bond motifs is 2. The minimum absolute atomic E-state index is 0.868. The van der Waals surface area contributed by atoms with Crippen LogP contribution in [0.4, 0.5) is 0 Å². The van der Waals surface area contributed by atoms with Gasteiger partial charge < -0.3 is 4.98 Å². The van der Waals surface area contributed by atoms with Crippen molar-refractivity contribution >= 4 is 22.1 Å². The van der Waals surface area contributed by atoms with E-state index in [4.69, 9.17) is 0 Å². The maximum atomic E-state index is 4.64. The molecule has 27 heavy (non-hydrogen) atoms. The maximum absolute atomic E-state index is 4.64. The molecule has 0 atom stereocenters. The van der Waals surface area contributed by atoms with E-state index in [2.05, 4.69) is 50.2 Å². The van der Waals surface area contributed by atoms with Crippen LogP contribution in [0.15, 0.2) is 49.1 Å². The number of nitrogens with zero attached hydrogens (tertiary/aromatic N) is 5. The van der Waals surface area contributed by atoms with Crippen molar-refractivity contribution in [2.75, 3.05) is 0 Å². The molecule has 132 valence electrons. The van der Waals surface area contributed by atoms with Crippen molar-refractivity contribution in [1.82, 2.24) is 29.7 Å². The molecule has 6 heteroatoms. The summed E-state index contributed by atoms with van der Waals surface area (Å²) in [6.45, 7) is 4.12. The molecule has 0 bridgehead atoms. The predicted octanol–water partition coefficient (Wildman–Crippen LogP) is 4.19. The summed E-state index contributed by atoms with van der Waals surface area (Å²) in [5.74, 6) is 0. The van der Waals surface area contributed by atoms with Crippen molar-refractivity contribution in [3.63, 3.8) is 0 Å². The lowest BCUT2D eigenvalue weighted by atomic mass is 10.0. The first-order chi connectivity index (χ1) is 13.1. The van der Waals surface area contributed by atoms with Gasteiger partial charge in [-0.05, 0) is 37.6 Å². The summed E-state index contributed by atoms with van der Waals surface area (Å²) in [5, 5.41) is 5.62. The lowest BCUT2D eigenvalue weighted by Crippen LogP contribution is -1.92. The number of aromatic amines is 1. The number of aromatic nitrogens is 6. The predicted molar refractivity (Wildman–Crippen MR) is 106 cm³/mol. The standard InChI is InChI=1S/C21H18N6/c1-12-20(13(2)27(3)26-12)15-8-16-17(11-25-21(16)24-10-15)14-4-5-18-19(9-14)23-7-6-22-18/h4-11H,1-3H3,(H,24,25). The van der Waals surface area contributed by atoms with Crippen LogP contribution in [0.5, 0.6) is 0 Å². The fourth-order valence-electron chi connectivity index (χ4n) is 3.70. The molecule has 0 aliphatic carbocycles. The second-order valence-corrected chi connectivity index (χ2v) is 6.75. The third-order valence-electron chi connectivity index (χ3n) is 5.11. The number of pyridine rings is 1. The van der Waals surface area contributed by atoms with Gasteiger partial charge in [-0.3, -0.25) is 14.6 Å². The summed E-state index contributed by atoms with van der Waals surface area (Å²) >= 11 is 0. The number of aryl methyl sites for hydroxylation is 2. The maximum Gasteiger partial charge on any atom is 0.137 e. The molecule has 1 aromatic carbocycles. The number of benzene rings is 1. The summed E-state index contributed by atoms with van der Waals surface area (Å²) in [4.78, 5) is 16.7. The van der Waals surface area contributed by atoms with Gasteiger partial charge in [-0.2, -0.15) is 5.10 Å². The van der Waals surface area contributed by atoms with E-state index in [1.165, 1.54) is 0 Å². The van der Waals surface area contributed by atoms with Crippen LogP contribution in [0.2, 0.25) is 0 Å². The zero-order chi connectivity index (χ0) is 18.5. The minimum atomic E-state index is 0.868. The van der Waals surface area contributed by atoms with Crippen LogP contribution in [0.25, 0.3) is 44.3 Å². The Morgan fingerprint density at radius 3 is 2.52 bits per heavy atom. The highest BCUT2D eigenvalue weighted by atomic mass is 15.3. The number of hydrogen-bond donors (Lipinski definition) is 1. The molecule has 0 unspecified atom stereocenters. The molecule has 5 aromatic rings. The van der Waals surface area contributed by atoms with Crippen LogP contribution >= 0.6 is 0 Å². The normalized spacial score (nSPS) is 11.5. The Labute approximate surface area is 155 Å². The summed E-state index contributed by atoms with van der Waals surface area (Å²) < 4.78 is 1.91. The molecule has 0 saturated heterocycles. The van der Waals surface area contributed by atoms with Crippen molar-refractivity contribution in [2.24, 2.45) is 7.05 Å². The highest BCUT2D eigenvalue weighted by molar-refractivity contribution is 5.97. The lowest BCUT2D eigenvalue weighted by Gasteiger charge is -2.05. The van der Waals surface area contributed by atoms with E-state index in [0.717, 1.165) is 55.7 Å². The third-order valence-corrected chi connectivity index (χ3v) is 5.11. The van der Waals surface area contributed by atoms with Gasteiger partial charge in [0, 0.05) is 59.6 Å². The van der Waals surface area contributed by atoms with Crippen molar-refractivity contribution in [2.45, 2.75) is 13.8 Å². The van der Waals surface area contributed by atoms with Gasteiger partial charge in [0.1, 0.15) is 5.65 Å². The van der Waals surface area contributed by atoms with Crippen LogP contribution in [0.1, 0.15) is 11.4 Å². The molecule has 0 aliphatic rings. The van der Waals surface area contributed by atoms with Crippen molar-refractivity contribution in [3.05, 3.63) is 60.4 Å². The van der Waals surface area contributed by atoms with E-state index >= 15 is 0 Å². The first-order valence-corrected chi connectivity index (χ1v) is 8.80. The highest BCUT2D eigenvalue weighted by Crippen LogP contribution is 2.33. The number of H-pyrrole nitrogens is 1. The van der Waals surface area contributed by atoms with Gasteiger partial charge in [-0.25, -0.2) is 4.98 Å². The van der Waals surface area contributed by atoms with Crippen LogP contribution in [-0.2, 0) is 7.05 Å². The first kappa shape index (κ1) is 15.7. The van der Waals surface area contributed by atoms with Gasteiger partial charge >= 0.3 is 0 Å².